The Morgan fingerprint density at radius 3 is 2.74 bits per heavy atom. The van der Waals surface area contributed by atoms with E-state index >= 15 is 0 Å². The molecule has 0 saturated carbocycles. The van der Waals surface area contributed by atoms with Crippen molar-refractivity contribution in [2.24, 2.45) is 0 Å². The molecule has 0 aliphatic rings. The van der Waals surface area contributed by atoms with Crippen LogP contribution in [-0.4, -0.2) is 41.2 Å². The highest BCUT2D eigenvalue weighted by molar-refractivity contribution is 7.99. The van der Waals surface area contributed by atoms with Gasteiger partial charge in [-0.1, -0.05) is 53.7 Å². The fourth-order valence-corrected chi connectivity index (χ4v) is 4.26. The average molecular weight is 492 g/mol. The van der Waals surface area contributed by atoms with Crippen LogP contribution in [0.25, 0.3) is 17.3 Å². The van der Waals surface area contributed by atoms with Crippen LogP contribution in [0, 0.1) is 0 Å². The number of nitrogens with zero attached hydrogens (tertiary/aromatic N) is 6. The Bertz CT molecular complexity index is 1390. The van der Waals surface area contributed by atoms with Gasteiger partial charge in [0.25, 0.3) is 0 Å². The first kappa shape index (κ1) is 21.9. The van der Waals surface area contributed by atoms with Gasteiger partial charge in [-0.15, -0.1) is 10.2 Å². The lowest BCUT2D eigenvalue weighted by atomic mass is 10.2. The first-order valence-electron chi connectivity index (χ1n) is 10.3. The minimum atomic E-state index is -0.220. The summed E-state index contributed by atoms with van der Waals surface area (Å²) in [6.07, 6.45) is 4.57. The molecule has 5 aromatic rings. The van der Waals surface area contributed by atoms with Gasteiger partial charge < -0.3 is 9.73 Å². The van der Waals surface area contributed by atoms with Crippen LogP contribution in [0.15, 0.2) is 89.2 Å². The average Bonchev–Trinajstić information content (AvgIpc) is 3.61. The van der Waals surface area contributed by atoms with Gasteiger partial charge in [0, 0.05) is 5.02 Å². The molecule has 0 radical (unpaired) electrons. The number of hydrogen-bond acceptors (Lipinski definition) is 7. The molecular weight excluding hydrogens is 474 g/mol. The molecule has 0 aliphatic carbocycles. The third-order valence-electron chi connectivity index (χ3n) is 4.87. The molecule has 0 atom stereocenters. The summed E-state index contributed by atoms with van der Waals surface area (Å²) in [6.45, 7) is 0.540. The van der Waals surface area contributed by atoms with E-state index in [4.69, 9.17) is 16.0 Å². The molecule has 3 aromatic heterocycles. The van der Waals surface area contributed by atoms with E-state index in [0.29, 0.717) is 39.7 Å². The van der Waals surface area contributed by atoms with E-state index in [1.807, 2.05) is 41.0 Å². The van der Waals surface area contributed by atoms with Crippen LogP contribution in [0.2, 0.25) is 5.02 Å². The molecule has 1 amide bonds. The summed E-state index contributed by atoms with van der Waals surface area (Å²) in [5.74, 6) is 1.10. The van der Waals surface area contributed by atoms with Gasteiger partial charge in [0.15, 0.2) is 10.9 Å². The predicted octanol–water partition coefficient (Wildman–Crippen LogP) is 4.55. The number of benzene rings is 2. The molecule has 0 unspecified atom stereocenters. The highest BCUT2D eigenvalue weighted by Gasteiger charge is 2.18. The van der Waals surface area contributed by atoms with Crippen molar-refractivity contribution >= 4 is 35.0 Å². The molecular formula is C23H18ClN7O2S. The van der Waals surface area contributed by atoms with Crippen LogP contribution >= 0.6 is 23.4 Å². The number of carbonyl (C=O) groups excluding carboxylic acids is 1. The summed E-state index contributed by atoms with van der Waals surface area (Å²) in [7, 11) is 0. The zero-order valence-corrected chi connectivity index (χ0v) is 19.3. The summed E-state index contributed by atoms with van der Waals surface area (Å²) >= 11 is 7.44. The van der Waals surface area contributed by atoms with Gasteiger partial charge in [0.1, 0.15) is 12.7 Å². The Morgan fingerprint density at radius 1 is 1.09 bits per heavy atom. The standard InChI is InChI=1S/C23H18ClN7O2S/c24-17-8-9-19(31-15-25-14-26-31)18(11-17)27-21(32)13-34-23-29-28-22(20-7-4-10-33-20)30(23)12-16-5-2-1-3-6-16/h1-11,14-15H,12-13H2,(H,27,32). The fourth-order valence-electron chi connectivity index (χ4n) is 3.35. The highest BCUT2D eigenvalue weighted by Crippen LogP contribution is 2.27. The van der Waals surface area contributed by atoms with E-state index in [1.165, 1.54) is 18.1 Å². The number of aromatic nitrogens is 6. The lowest BCUT2D eigenvalue weighted by Crippen LogP contribution is -2.16. The number of halogens is 1. The maximum atomic E-state index is 12.8. The molecule has 0 bridgehead atoms. The number of furan rings is 1. The van der Waals surface area contributed by atoms with Crippen LogP contribution in [0.1, 0.15) is 5.56 Å². The lowest BCUT2D eigenvalue weighted by Gasteiger charge is -2.12. The van der Waals surface area contributed by atoms with E-state index < -0.39 is 0 Å². The second kappa shape index (κ2) is 9.94. The largest absolute Gasteiger partial charge is 0.461 e. The van der Waals surface area contributed by atoms with Crippen molar-refractivity contribution in [2.45, 2.75) is 11.7 Å². The minimum absolute atomic E-state index is 0.119. The third-order valence-corrected chi connectivity index (χ3v) is 6.07. The third kappa shape index (κ3) is 4.87. The molecule has 11 heteroatoms. The number of nitrogens with one attached hydrogen (secondary N) is 1. The Balaban J connectivity index is 1.35. The van der Waals surface area contributed by atoms with Crippen molar-refractivity contribution in [1.29, 1.82) is 0 Å². The number of carbonyl (C=O) groups is 1. The van der Waals surface area contributed by atoms with Gasteiger partial charge in [-0.3, -0.25) is 9.36 Å². The summed E-state index contributed by atoms with van der Waals surface area (Å²) in [5.41, 5.74) is 2.27. The molecule has 170 valence electrons. The lowest BCUT2D eigenvalue weighted by molar-refractivity contribution is -0.113. The van der Waals surface area contributed by atoms with E-state index in [1.54, 1.807) is 41.5 Å². The normalized spacial score (nSPS) is 11.0. The molecule has 0 aliphatic heterocycles. The van der Waals surface area contributed by atoms with Crippen LogP contribution in [-0.2, 0) is 11.3 Å². The van der Waals surface area contributed by atoms with Crippen molar-refractivity contribution in [1.82, 2.24) is 29.5 Å². The molecule has 1 N–H and O–H groups in total. The number of anilines is 1. The van der Waals surface area contributed by atoms with E-state index in [0.717, 1.165) is 5.56 Å². The van der Waals surface area contributed by atoms with Crippen molar-refractivity contribution in [3.63, 3.8) is 0 Å². The Kier molecular flexibility index (Phi) is 6.41. The maximum Gasteiger partial charge on any atom is 0.234 e. The van der Waals surface area contributed by atoms with Gasteiger partial charge >= 0.3 is 0 Å². The number of thioether (sulfide) groups is 1. The van der Waals surface area contributed by atoms with Crippen LogP contribution in [0.3, 0.4) is 0 Å². The molecule has 34 heavy (non-hydrogen) atoms. The molecule has 0 saturated heterocycles. The number of amides is 1. The molecule has 5 rings (SSSR count). The number of hydrogen-bond donors (Lipinski definition) is 1. The zero-order valence-electron chi connectivity index (χ0n) is 17.7. The Labute approximate surface area is 203 Å². The smallest absolute Gasteiger partial charge is 0.234 e. The summed E-state index contributed by atoms with van der Waals surface area (Å²) in [4.78, 5) is 16.8. The Morgan fingerprint density at radius 2 is 1.97 bits per heavy atom. The molecule has 0 spiro atoms. The monoisotopic (exact) mass is 491 g/mol. The summed E-state index contributed by atoms with van der Waals surface area (Å²) in [5, 5.41) is 16.8. The van der Waals surface area contributed by atoms with Gasteiger partial charge in [-0.05, 0) is 35.9 Å². The minimum Gasteiger partial charge on any atom is -0.461 e. The van der Waals surface area contributed by atoms with Gasteiger partial charge in [0.2, 0.25) is 11.7 Å². The SMILES string of the molecule is O=C(CSc1nnc(-c2ccco2)n1Cc1ccccc1)Nc1cc(Cl)ccc1-n1cncn1. The Hall–Kier alpha value is -3.89. The van der Waals surface area contributed by atoms with Crippen molar-refractivity contribution in [3.8, 4) is 17.3 Å². The van der Waals surface area contributed by atoms with Gasteiger partial charge in [0.05, 0.1) is 29.9 Å². The molecule has 2 aromatic carbocycles. The van der Waals surface area contributed by atoms with Gasteiger partial charge in [-0.25, -0.2) is 9.67 Å². The first-order valence-corrected chi connectivity index (χ1v) is 11.6. The fraction of sp³-hybridized carbons (Fsp3) is 0.0870. The van der Waals surface area contributed by atoms with E-state index in [-0.39, 0.29) is 11.7 Å². The number of rotatable bonds is 8. The second-order valence-corrected chi connectivity index (χ2v) is 8.57. The maximum absolute atomic E-state index is 12.8. The molecule has 9 nitrogen and oxygen atoms in total. The van der Waals surface area contributed by atoms with Crippen LogP contribution < -0.4 is 5.32 Å². The van der Waals surface area contributed by atoms with Gasteiger partial charge in [-0.2, -0.15) is 5.10 Å². The van der Waals surface area contributed by atoms with Crippen LogP contribution in [0.4, 0.5) is 5.69 Å². The predicted molar refractivity (Wildman–Crippen MR) is 129 cm³/mol. The molecule has 3 heterocycles. The first-order chi connectivity index (χ1) is 16.7. The molecule has 0 fully saturated rings. The van der Waals surface area contributed by atoms with E-state index in [2.05, 4.69) is 25.6 Å². The van der Waals surface area contributed by atoms with Crippen molar-refractivity contribution in [2.75, 3.05) is 11.1 Å². The van der Waals surface area contributed by atoms with E-state index in [9.17, 15) is 4.79 Å². The van der Waals surface area contributed by atoms with Crippen LogP contribution in [0.5, 0.6) is 0 Å². The summed E-state index contributed by atoms with van der Waals surface area (Å²) < 4.78 is 9.04. The second-order valence-electron chi connectivity index (χ2n) is 7.19. The summed E-state index contributed by atoms with van der Waals surface area (Å²) in [6, 6.07) is 18.8. The zero-order chi connectivity index (χ0) is 23.3. The van der Waals surface area contributed by atoms with Crippen molar-refractivity contribution < 1.29 is 9.21 Å². The topological polar surface area (TPSA) is 104 Å². The van der Waals surface area contributed by atoms with Crippen molar-refractivity contribution in [3.05, 3.63) is 90.2 Å². The quantitative estimate of drug-likeness (QED) is 0.317. The highest BCUT2D eigenvalue weighted by atomic mass is 35.5.